The molecule has 1 aromatic heterocycles. The smallest absolute Gasteiger partial charge is 0.249 e. The van der Waals surface area contributed by atoms with E-state index in [1.165, 1.54) is 11.3 Å². The van der Waals surface area contributed by atoms with E-state index in [0.717, 1.165) is 30.6 Å². The summed E-state index contributed by atoms with van der Waals surface area (Å²) in [6.45, 7) is 2.42. The van der Waals surface area contributed by atoms with Crippen LogP contribution in [-0.2, 0) is 16.1 Å². The van der Waals surface area contributed by atoms with Crippen LogP contribution in [0.3, 0.4) is 0 Å². The highest BCUT2D eigenvalue weighted by Crippen LogP contribution is 2.36. The van der Waals surface area contributed by atoms with Gasteiger partial charge in [-0.15, -0.1) is 11.3 Å². The van der Waals surface area contributed by atoms with Gasteiger partial charge in [0, 0.05) is 4.88 Å². The third kappa shape index (κ3) is 2.57. The second kappa shape index (κ2) is 5.61. The molecule has 4 nitrogen and oxygen atoms in total. The summed E-state index contributed by atoms with van der Waals surface area (Å²) < 4.78 is 0.711. The Morgan fingerprint density at radius 3 is 2.67 bits per heavy atom. The van der Waals surface area contributed by atoms with Crippen molar-refractivity contribution in [2.75, 3.05) is 0 Å². The maximum atomic E-state index is 13.0. The van der Waals surface area contributed by atoms with Gasteiger partial charge in [-0.25, -0.2) is 0 Å². The Balaban J connectivity index is 1.89. The number of carbonyl (C=O) groups excluding carboxylic acids is 2. The molecule has 0 bridgehead atoms. The van der Waals surface area contributed by atoms with Gasteiger partial charge in [-0.05, 0) is 31.4 Å². The van der Waals surface area contributed by atoms with Crippen molar-refractivity contribution >= 4 is 34.8 Å². The van der Waals surface area contributed by atoms with Crippen molar-refractivity contribution in [1.82, 2.24) is 10.2 Å². The molecule has 2 aliphatic rings. The summed E-state index contributed by atoms with van der Waals surface area (Å²) in [5.41, 5.74) is -0.649. The van der Waals surface area contributed by atoms with Crippen molar-refractivity contribution in [2.24, 2.45) is 0 Å². The molecule has 1 atom stereocenters. The highest BCUT2D eigenvalue weighted by atomic mass is 35.5. The lowest BCUT2D eigenvalue weighted by Crippen LogP contribution is -2.68. The summed E-state index contributed by atoms with van der Waals surface area (Å²) in [6, 6.07) is 3.40. The third-order valence-electron chi connectivity index (χ3n) is 4.51. The van der Waals surface area contributed by atoms with E-state index in [-0.39, 0.29) is 17.9 Å². The van der Waals surface area contributed by atoms with Crippen molar-refractivity contribution in [3.8, 4) is 0 Å². The lowest BCUT2D eigenvalue weighted by molar-refractivity contribution is -0.155. The standard InChI is InChI=1S/C15H19ClN2O2S/c1-2-11-13(19)17-15(7-3-4-8-15)14(20)18(11)9-10-5-6-12(16)21-10/h5-6,11H,2-4,7-9H2,1H3,(H,17,19). The molecule has 0 aromatic carbocycles. The predicted molar refractivity (Wildman–Crippen MR) is 83.3 cm³/mol. The van der Waals surface area contributed by atoms with Gasteiger partial charge in [0.05, 0.1) is 10.9 Å². The zero-order chi connectivity index (χ0) is 15.0. The van der Waals surface area contributed by atoms with Gasteiger partial charge in [-0.2, -0.15) is 0 Å². The zero-order valence-electron chi connectivity index (χ0n) is 12.0. The third-order valence-corrected chi connectivity index (χ3v) is 5.73. The van der Waals surface area contributed by atoms with Crippen molar-refractivity contribution in [3.05, 3.63) is 21.3 Å². The lowest BCUT2D eigenvalue weighted by Gasteiger charge is -2.44. The van der Waals surface area contributed by atoms with E-state index in [1.807, 2.05) is 19.1 Å². The highest BCUT2D eigenvalue weighted by molar-refractivity contribution is 7.16. The SMILES string of the molecule is CCC1C(=O)NC2(CCCC2)C(=O)N1Cc1ccc(Cl)s1. The molecule has 3 rings (SSSR count). The first kappa shape index (κ1) is 14.9. The number of thiophene rings is 1. The summed E-state index contributed by atoms with van der Waals surface area (Å²) in [5, 5.41) is 3.01. The summed E-state index contributed by atoms with van der Waals surface area (Å²) >= 11 is 7.44. The van der Waals surface area contributed by atoms with Gasteiger partial charge < -0.3 is 10.2 Å². The molecule has 1 aliphatic carbocycles. The summed E-state index contributed by atoms with van der Waals surface area (Å²) in [7, 11) is 0. The van der Waals surface area contributed by atoms with Gasteiger partial charge in [-0.3, -0.25) is 9.59 Å². The molecule has 21 heavy (non-hydrogen) atoms. The predicted octanol–water partition coefficient (Wildman–Crippen LogP) is 2.95. The van der Waals surface area contributed by atoms with Crippen LogP contribution in [0.15, 0.2) is 12.1 Å². The van der Waals surface area contributed by atoms with Crippen LogP contribution >= 0.6 is 22.9 Å². The number of rotatable bonds is 3. The average Bonchev–Trinajstić information content (AvgIpc) is 3.06. The quantitative estimate of drug-likeness (QED) is 0.928. The maximum Gasteiger partial charge on any atom is 0.249 e. The molecule has 1 N–H and O–H groups in total. The first-order chi connectivity index (χ1) is 10.1. The van der Waals surface area contributed by atoms with Gasteiger partial charge >= 0.3 is 0 Å². The fraction of sp³-hybridized carbons (Fsp3) is 0.600. The van der Waals surface area contributed by atoms with Gasteiger partial charge in [0.25, 0.3) is 0 Å². The van der Waals surface area contributed by atoms with Crippen molar-refractivity contribution in [2.45, 2.75) is 57.2 Å². The van der Waals surface area contributed by atoms with Crippen LogP contribution in [0.4, 0.5) is 0 Å². The van der Waals surface area contributed by atoms with Crippen LogP contribution in [0.2, 0.25) is 4.34 Å². The second-order valence-electron chi connectivity index (χ2n) is 5.84. The molecular weight excluding hydrogens is 308 g/mol. The molecule has 1 spiro atoms. The Kier molecular flexibility index (Phi) is 3.97. The Bertz CT molecular complexity index is 566. The molecule has 0 radical (unpaired) electrons. The monoisotopic (exact) mass is 326 g/mol. The minimum atomic E-state index is -0.649. The fourth-order valence-electron chi connectivity index (χ4n) is 3.44. The van der Waals surface area contributed by atoms with E-state index in [9.17, 15) is 9.59 Å². The van der Waals surface area contributed by atoms with Gasteiger partial charge in [-0.1, -0.05) is 31.4 Å². The van der Waals surface area contributed by atoms with Crippen LogP contribution in [0, 0.1) is 0 Å². The molecule has 6 heteroatoms. The van der Waals surface area contributed by atoms with Crippen LogP contribution in [0.25, 0.3) is 0 Å². The fourth-order valence-corrected chi connectivity index (χ4v) is 4.53. The minimum absolute atomic E-state index is 0.0124. The maximum absolute atomic E-state index is 13.0. The summed E-state index contributed by atoms with van der Waals surface area (Å²) in [4.78, 5) is 28.1. The van der Waals surface area contributed by atoms with E-state index in [2.05, 4.69) is 5.32 Å². The average molecular weight is 327 g/mol. The number of carbonyl (C=O) groups is 2. The molecule has 1 saturated heterocycles. The van der Waals surface area contributed by atoms with E-state index in [4.69, 9.17) is 11.6 Å². The Hall–Kier alpha value is -1.07. The molecule has 2 heterocycles. The van der Waals surface area contributed by atoms with E-state index >= 15 is 0 Å². The Morgan fingerprint density at radius 2 is 2.10 bits per heavy atom. The zero-order valence-corrected chi connectivity index (χ0v) is 13.6. The van der Waals surface area contributed by atoms with Crippen molar-refractivity contribution in [3.63, 3.8) is 0 Å². The van der Waals surface area contributed by atoms with Crippen molar-refractivity contribution in [1.29, 1.82) is 0 Å². The Morgan fingerprint density at radius 1 is 1.38 bits per heavy atom. The molecule has 2 amide bonds. The molecule has 114 valence electrons. The largest absolute Gasteiger partial charge is 0.340 e. The number of hydrogen-bond acceptors (Lipinski definition) is 3. The van der Waals surface area contributed by atoms with Crippen molar-refractivity contribution < 1.29 is 9.59 Å². The van der Waals surface area contributed by atoms with Gasteiger partial charge in [0.2, 0.25) is 11.8 Å². The lowest BCUT2D eigenvalue weighted by atomic mass is 9.90. The minimum Gasteiger partial charge on any atom is -0.340 e. The molecule has 1 unspecified atom stereocenters. The van der Waals surface area contributed by atoms with Crippen LogP contribution < -0.4 is 5.32 Å². The van der Waals surface area contributed by atoms with Crippen LogP contribution in [0.5, 0.6) is 0 Å². The second-order valence-corrected chi connectivity index (χ2v) is 7.64. The summed E-state index contributed by atoms with van der Waals surface area (Å²) in [6.07, 6.45) is 4.15. The van der Waals surface area contributed by atoms with E-state index < -0.39 is 5.54 Å². The number of halogens is 1. The van der Waals surface area contributed by atoms with E-state index in [0.29, 0.717) is 17.3 Å². The van der Waals surface area contributed by atoms with Gasteiger partial charge in [0.1, 0.15) is 11.6 Å². The number of nitrogens with one attached hydrogen (secondary N) is 1. The van der Waals surface area contributed by atoms with Gasteiger partial charge in [0.15, 0.2) is 0 Å². The molecular formula is C15H19ClN2O2S. The molecule has 1 aliphatic heterocycles. The molecule has 2 fully saturated rings. The normalized spacial score (nSPS) is 24.7. The Labute approximate surface area is 133 Å². The summed E-state index contributed by atoms with van der Waals surface area (Å²) in [5.74, 6) is 0.0672. The topological polar surface area (TPSA) is 49.4 Å². The first-order valence-corrected chi connectivity index (χ1v) is 8.62. The molecule has 1 saturated carbocycles. The number of piperazine rings is 1. The van der Waals surface area contributed by atoms with Crippen LogP contribution in [0.1, 0.15) is 43.9 Å². The van der Waals surface area contributed by atoms with E-state index in [1.54, 1.807) is 4.90 Å². The number of amides is 2. The number of nitrogens with zero attached hydrogens (tertiary/aromatic N) is 1. The first-order valence-electron chi connectivity index (χ1n) is 7.43. The molecule has 1 aromatic rings. The highest BCUT2D eigenvalue weighted by Gasteiger charge is 2.51. The van der Waals surface area contributed by atoms with Crippen LogP contribution in [-0.4, -0.2) is 28.3 Å². The number of hydrogen-bond donors (Lipinski definition) is 1.